The molecule has 0 spiro atoms. The van der Waals surface area contributed by atoms with Crippen LogP contribution < -0.4 is 5.32 Å². The summed E-state index contributed by atoms with van der Waals surface area (Å²) < 4.78 is 5.14. The van der Waals surface area contributed by atoms with E-state index in [1.54, 1.807) is 20.8 Å². The Morgan fingerprint density at radius 3 is 2.52 bits per heavy atom. The highest BCUT2D eigenvalue weighted by Gasteiger charge is 2.18. The first kappa shape index (κ1) is 19.9. The molecule has 27 heavy (non-hydrogen) atoms. The first-order valence-corrected chi connectivity index (χ1v) is 8.18. The van der Waals surface area contributed by atoms with E-state index < -0.39 is 17.7 Å². The molecule has 0 aliphatic rings. The Morgan fingerprint density at radius 2 is 1.89 bits per heavy atom. The van der Waals surface area contributed by atoms with Crippen molar-refractivity contribution >= 4 is 23.6 Å². The fourth-order valence-corrected chi connectivity index (χ4v) is 2.02. The van der Waals surface area contributed by atoms with Crippen LogP contribution in [0.4, 0.5) is 10.6 Å². The van der Waals surface area contributed by atoms with Gasteiger partial charge in [-0.1, -0.05) is 35.5 Å². The zero-order chi connectivity index (χ0) is 19.9. The van der Waals surface area contributed by atoms with Gasteiger partial charge in [0.2, 0.25) is 0 Å². The molecule has 0 radical (unpaired) electrons. The molecule has 1 amide bonds. The molecule has 1 aromatic heterocycles. The second-order valence-corrected chi connectivity index (χ2v) is 6.56. The van der Waals surface area contributed by atoms with Crippen molar-refractivity contribution in [2.45, 2.75) is 33.0 Å². The van der Waals surface area contributed by atoms with Gasteiger partial charge in [-0.25, -0.2) is 14.6 Å². The summed E-state index contributed by atoms with van der Waals surface area (Å²) in [5.74, 6) is -1.13. The molecule has 2 rings (SSSR count). The van der Waals surface area contributed by atoms with Gasteiger partial charge in [0.05, 0.1) is 0 Å². The molecule has 2 aromatic rings. The molecule has 1 heterocycles. The van der Waals surface area contributed by atoms with Crippen LogP contribution in [0.5, 0.6) is 0 Å². The van der Waals surface area contributed by atoms with Gasteiger partial charge in [-0.05, 0) is 38.5 Å². The lowest BCUT2D eigenvalue weighted by Gasteiger charge is -2.19. The number of carbonyl (C=O) groups excluding carboxylic acids is 1. The van der Waals surface area contributed by atoms with E-state index in [0.29, 0.717) is 0 Å². The number of aromatic nitrogens is 1. The molecule has 0 saturated heterocycles. The van der Waals surface area contributed by atoms with Crippen molar-refractivity contribution in [2.75, 3.05) is 5.32 Å². The summed E-state index contributed by atoms with van der Waals surface area (Å²) in [4.78, 5) is 32.5. The van der Waals surface area contributed by atoms with E-state index in [0.717, 1.165) is 5.56 Å². The number of carboxylic acids is 1. The largest absolute Gasteiger partial charge is 0.476 e. The van der Waals surface area contributed by atoms with Crippen LogP contribution >= 0.6 is 0 Å². The number of anilines is 1. The first-order valence-electron chi connectivity index (χ1n) is 8.18. The number of hydrogen-bond acceptors (Lipinski definition) is 6. The van der Waals surface area contributed by atoms with Crippen LogP contribution in [0.15, 0.2) is 53.8 Å². The first-order chi connectivity index (χ1) is 12.7. The average molecular weight is 371 g/mol. The monoisotopic (exact) mass is 371 g/mol. The second-order valence-electron chi connectivity index (χ2n) is 6.56. The van der Waals surface area contributed by atoms with E-state index in [2.05, 4.69) is 15.5 Å². The minimum atomic E-state index is -1.27. The smallest absolute Gasteiger partial charge is 0.413 e. The van der Waals surface area contributed by atoms with Crippen molar-refractivity contribution < 1.29 is 24.3 Å². The minimum Gasteiger partial charge on any atom is -0.476 e. The molecule has 2 N–H and O–H groups in total. The topological polar surface area (TPSA) is 110 Å². The van der Waals surface area contributed by atoms with Gasteiger partial charge in [0, 0.05) is 11.8 Å². The maximum absolute atomic E-state index is 11.8. The third-order valence-corrected chi connectivity index (χ3v) is 3.09. The third-order valence-electron chi connectivity index (χ3n) is 3.09. The number of hydrogen-bond donors (Lipinski definition) is 2. The Morgan fingerprint density at radius 1 is 1.19 bits per heavy atom. The van der Waals surface area contributed by atoms with Gasteiger partial charge < -0.3 is 14.7 Å². The van der Waals surface area contributed by atoms with Crippen LogP contribution in [-0.4, -0.2) is 33.5 Å². The van der Waals surface area contributed by atoms with E-state index in [1.165, 1.54) is 18.3 Å². The normalized spacial score (nSPS) is 11.6. The van der Waals surface area contributed by atoms with Crippen molar-refractivity contribution in [1.82, 2.24) is 4.98 Å². The zero-order valence-corrected chi connectivity index (χ0v) is 15.3. The number of amides is 1. The lowest BCUT2D eigenvalue weighted by molar-refractivity contribution is -0.129. The minimum absolute atomic E-state index is 0.131. The van der Waals surface area contributed by atoms with E-state index in [1.807, 2.05) is 30.3 Å². The number of nitrogens with zero attached hydrogens (tertiary/aromatic N) is 2. The average Bonchev–Trinajstić information content (AvgIpc) is 2.58. The molecule has 0 saturated carbocycles. The quantitative estimate of drug-likeness (QED) is 0.594. The molecule has 0 atom stereocenters. The van der Waals surface area contributed by atoms with Gasteiger partial charge in [0.1, 0.15) is 18.0 Å². The van der Waals surface area contributed by atoms with Crippen molar-refractivity contribution in [3.05, 3.63) is 59.8 Å². The van der Waals surface area contributed by atoms with Crippen LogP contribution in [0.25, 0.3) is 0 Å². The number of ether oxygens (including phenoxy) is 1. The number of oxime groups is 1. The maximum atomic E-state index is 11.8. The molecule has 0 bridgehead atoms. The van der Waals surface area contributed by atoms with Crippen molar-refractivity contribution in [2.24, 2.45) is 5.16 Å². The SMILES string of the molecule is CC(C)(C)OC(=O)Nc1cc(C(=NOCc2ccccc2)C(=O)O)ccn1. The van der Waals surface area contributed by atoms with Crippen LogP contribution in [-0.2, 0) is 21.0 Å². The van der Waals surface area contributed by atoms with Crippen LogP contribution in [0.3, 0.4) is 0 Å². The highest BCUT2D eigenvalue weighted by Crippen LogP contribution is 2.13. The van der Waals surface area contributed by atoms with Crippen LogP contribution in [0.2, 0.25) is 0 Å². The summed E-state index contributed by atoms with van der Waals surface area (Å²) in [5.41, 5.74) is 0.117. The molecular formula is C19H21N3O5. The second kappa shape index (κ2) is 8.79. The number of pyridine rings is 1. The molecule has 0 aliphatic carbocycles. The predicted molar refractivity (Wildman–Crippen MR) is 99.5 cm³/mol. The fourth-order valence-electron chi connectivity index (χ4n) is 2.02. The number of benzene rings is 1. The molecule has 1 aromatic carbocycles. The summed E-state index contributed by atoms with van der Waals surface area (Å²) in [6.45, 7) is 5.33. The van der Waals surface area contributed by atoms with E-state index in [9.17, 15) is 14.7 Å². The fraction of sp³-hybridized carbons (Fsp3) is 0.263. The molecule has 0 aliphatic heterocycles. The maximum Gasteiger partial charge on any atom is 0.413 e. The summed E-state index contributed by atoms with van der Waals surface area (Å²) in [5, 5.41) is 15.6. The zero-order valence-electron chi connectivity index (χ0n) is 15.3. The van der Waals surface area contributed by atoms with Crippen molar-refractivity contribution in [1.29, 1.82) is 0 Å². The lowest BCUT2D eigenvalue weighted by atomic mass is 10.1. The van der Waals surface area contributed by atoms with Crippen molar-refractivity contribution in [3.8, 4) is 0 Å². The van der Waals surface area contributed by atoms with Gasteiger partial charge in [-0.3, -0.25) is 5.32 Å². The van der Waals surface area contributed by atoms with E-state index in [4.69, 9.17) is 9.57 Å². The summed E-state index contributed by atoms with van der Waals surface area (Å²) >= 11 is 0. The highest BCUT2D eigenvalue weighted by atomic mass is 16.6. The number of aliphatic carboxylic acids is 1. The Hall–Kier alpha value is -3.42. The van der Waals surface area contributed by atoms with Gasteiger partial charge in [0.15, 0.2) is 5.71 Å². The van der Waals surface area contributed by atoms with Gasteiger partial charge in [-0.15, -0.1) is 0 Å². The summed E-state index contributed by atoms with van der Waals surface area (Å²) in [6, 6.07) is 12.1. The molecule has 142 valence electrons. The predicted octanol–water partition coefficient (Wildman–Crippen LogP) is 3.43. The molecule has 8 nitrogen and oxygen atoms in total. The number of rotatable bonds is 6. The Labute approximate surface area is 156 Å². The summed E-state index contributed by atoms with van der Waals surface area (Å²) in [7, 11) is 0. The van der Waals surface area contributed by atoms with Crippen LogP contribution in [0, 0.1) is 0 Å². The third kappa shape index (κ3) is 6.77. The molecular weight excluding hydrogens is 350 g/mol. The number of carbonyl (C=O) groups is 2. The van der Waals surface area contributed by atoms with E-state index in [-0.39, 0.29) is 23.7 Å². The van der Waals surface area contributed by atoms with Crippen LogP contribution in [0.1, 0.15) is 31.9 Å². The number of nitrogens with one attached hydrogen (secondary N) is 1. The molecule has 0 unspecified atom stereocenters. The number of carboxylic acid groups (broad SMARTS) is 1. The molecule has 0 fully saturated rings. The highest BCUT2D eigenvalue weighted by molar-refractivity contribution is 6.42. The Bertz CT molecular complexity index is 829. The lowest BCUT2D eigenvalue weighted by Crippen LogP contribution is -2.27. The van der Waals surface area contributed by atoms with Gasteiger partial charge in [-0.2, -0.15) is 0 Å². The Kier molecular flexibility index (Phi) is 6.48. The summed E-state index contributed by atoms with van der Waals surface area (Å²) in [6.07, 6.45) is 0.666. The standard InChI is InChI=1S/C19H21N3O5/c1-19(2,3)27-18(25)21-15-11-14(9-10-20-15)16(17(23)24)22-26-12-13-7-5-4-6-8-13/h4-11H,12H2,1-3H3,(H,23,24)(H,20,21,25). The Balaban J connectivity index is 2.11. The van der Waals surface area contributed by atoms with Gasteiger partial charge in [0.25, 0.3) is 0 Å². The van der Waals surface area contributed by atoms with E-state index >= 15 is 0 Å². The molecule has 8 heteroatoms. The van der Waals surface area contributed by atoms with Crippen molar-refractivity contribution in [3.63, 3.8) is 0 Å². The van der Waals surface area contributed by atoms with Gasteiger partial charge >= 0.3 is 12.1 Å².